The largest absolute Gasteiger partial charge is 0.480 e. The third-order valence-corrected chi connectivity index (χ3v) is 9.13. The van der Waals surface area contributed by atoms with Gasteiger partial charge in [-0.25, -0.2) is 4.39 Å². The van der Waals surface area contributed by atoms with Crippen molar-refractivity contribution in [3.63, 3.8) is 0 Å². The minimum absolute atomic E-state index is 0.0582. The summed E-state index contributed by atoms with van der Waals surface area (Å²) in [6.07, 6.45) is -1.73. The highest BCUT2D eigenvalue weighted by Crippen LogP contribution is 2.37. The van der Waals surface area contributed by atoms with Gasteiger partial charge in [-0.15, -0.1) is 0 Å². The van der Waals surface area contributed by atoms with Gasteiger partial charge in [0.15, 0.2) is 0 Å². The van der Waals surface area contributed by atoms with E-state index in [-0.39, 0.29) is 18.7 Å². The first-order valence-electron chi connectivity index (χ1n) is 16.0. The predicted octanol–water partition coefficient (Wildman–Crippen LogP) is 6.82. The molecule has 0 saturated heterocycles. The molecule has 0 aliphatic rings. The zero-order chi connectivity index (χ0) is 37.7. The number of carboxylic acids is 2. The van der Waals surface area contributed by atoms with Gasteiger partial charge in [0.1, 0.15) is 16.9 Å². The topological polar surface area (TPSA) is 139 Å². The van der Waals surface area contributed by atoms with E-state index in [1.165, 1.54) is 44.2 Å². The van der Waals surface area contributed by atoms with Crippen molar-refractivity contribution in [2.75, 3.05) is 13.2 Å². The molecule has 6 N–H and O–H groups in total. The second kappa shape index (κ2) is 15.6. The first-order valence-corrected chi connectivity index (χ1v) is 16.0. The van der Waals surface area contributed by atoms with Crippen LogP contribution in [0.5, 0.6) is 0 Å². The van der Waals surface area contributed by atoms with Crippen LogP contribution in [-0.2, 0) is 28.9 Å². The molecule has 8 nitrogen and oxygen atoms in total. The number of carboxylic acid groups (broad SMARTS) is 2. The summed E-state index contributed by atoms with van der Waals surface area (Å²) in [4.78, 5) is 23.1. The van der Waals surface area contributed by atoms with E-state index in [0.29, 0.717) is 27.8 Å². The zero-order valence-electron chi connectivity index (χ0n) is 28.5. The number of halogens is 4. The second-order valence-corrected chi connectivity index (χ2v) is 12.9. The molecule has 0 aromatic heterocycles. The van der Waals surface area contributed by atoms with E-state index >= 15 is 4.39 Å². The van der Waals surface area contributed by atoms with Crippen molar-refractivity contribution in [2.45, 2.75) is 58.0 Å². The first kappa shape index (κ1) is 38.9. The molecule has 0 aliphatic carbocycles. The molecular formula is C39H40F4N2O6. The summed E-state index contributed by atoms with van der Waals surface area (Å²) in [5.41, 5.74) is 1.31. The molecule has 0 heterocycles. The Morgan fingerprint density at radius 3 is 1.67 bits per heavy atom. The Morgan fingerprint density at radius 1 is 0.667 bits per heavy atom. The molecule has 2 unspecified atom stereocenters. The van der Waals surface area contributed by atoms with Gasteiger partial charge in [-0.1, -0.05) is 60.7 Å². The Hall–Kier alpha value is -4.88. The van der Waals surface area contributed by atoms with Gasteiger partial charge in [-0.3, -0.25) is 20.2 Å². The molecule has 0 amide bonds. The van der Waals surface area contributed by atoms with Crippen molar-refractivity contribution < 1.29 is 47.6 Å². The predicted molar refractivity (Wildman–Crippen MR) is 187 cm³/mol. The van der Waals surface area contributed by atoms with Gasteiger partial charge in [-0.2, -0.15) is 13.2 Å². The molecule has 0 fully saturated rings. The quantitative estimate of drug-likeness (QED) is 0.0621. The highest BCUT2D eigenvalue weighted by molar-refractivity contribution is 5.83. The third kappa shape index (κ3) is 8.71. The lowest BCUT2D eigenvalue weighted by molar-refractivity contribution is -0.146. The summed E-state index contributed by atoms with van der Waals surface area (Å²) >= 11 is 0. The van der Waals surface area contributed by atoms with Crippen molar-refractivity contribution >= 4 is 24.1 Å². The van der Waals surface area contributed by atoms with Crippen molar-refractivity contribution in [1.29, 1.82) is 0 Å². The summed E-state index contributed by atoms with van der Waals surface area (Å²) in [5, 5.41) is 43.4. The highest BCUT2D eigenvalue weighted by atomic mass is 19.4. The lowest BCUT2D eigenvalue weighted by Gasteiger charge is -2.24. The molecule has 0 aliphatic heterocycles. The molecule has 4 aromatic rings. The van der Waals surface area contributed by atoms with Crippen LogP contribution in [-0.4, -0.2) is 56.7 Å². The first-order chi connectivity index (χ1) is 23.9. The van der Waals surface area contributed by atoms with Gasteiger partial charge in [0.2, 0.25) is 0 Å². The summed E-state index contributed by atoms with van der Waals surface area (Å²) in [6.45, 7) is 4.90. The Morgan fingerprint density at radius 2 is 1.14 bits per heavy atom. The average Bonchev–Trinajstić information content (AvgIpc) is 3.09. The SMILES string of the molecule is Cc1c(/C=C/c2cc(CNC(C)(CO)C(=O)O)ccc2C(F)(F)F)cccc1-c1cccc(-c2cc(CNC(C)(CO)C(=O)O)ccc2F)c1C. The fraction of sp³-hybridized carbons (Fsp3) is 0.282. The van der Waals surface area contributed by atoms with Crippen LogP contribution >= 0.6 is 0 Å². The van der Waals surface area contributed by atoms with Gasteiger partial charge in [0, 0.05) is 18.7 Å². The van der Waals surface area contributed by atoms with E-state index in [1.807, 2.05) is 26.0 Å². The van der Waals surface area contributed by atoms with Crippen LogP contribution in [0, 0.1) is 19.7 Å². The molecular weight excluding hydrogens is 668 g/mol. The van der Waals surface area contributed by atoms with Gasteiger partial charge in [0.05, 0.1) is 18.8 Å². The number of carbonyl (C=O) groups is 2. The molecule has 0 saturated carbocycles. The summed E-state index contributed by atoms with van der Waals surface area (Å²) < 4.78 is 57.3. The van der Waals surface area contributed by atoms with E-state index in [1.54, 1.807) is 36.4 Å². The van der Waals surface area contributed by atoms with Crippen LogP contribution < -0.4 is 10.6 Å². The fourth-order valence-corrected chi connectivity index (χ4v) is 5.52. The number of benzene rings is 4. The molecule has 4 aromatic carbocycles. The highest BCUT2D eigenvalue weighted by Gasteiger charge is 2.34. The number of alkyl halides is 3. The molecule has 4 rings (SSSR count). The number of rotatable bonds is 14. The van der Waals surface area contributed by atoms with E-state index in [9.17, 15) is 43.2 Å². The van der Waals surface area contributed by atoms with Crippen molar-refractivity contribution in [3.8, 4) is 22.3 Å². The Kier molecular flexibility index (Phi) is 11.9. The van der Waals surface area contributed by atoms with Gasteiger partial charge in [0.25, 0.3) is 0 Å². The monoisotopic (exact) mass is 708 g/mol. The molecule has 0 radical (unpaired) electrons. The van der Waals surface area contributed by atoms with Crippen molar-refractivity contribution in [1.82, 2.24) is 10.6 Å². The second-order valence-electron chi connectivity index (χ2n) is 12.9. The zero-order valence-corrected chi connectivity index (χ0v) is 28.5. The number of hydrogen-bond donors (Lipinski definition) is 6. The fourth-order valence-electron chi connectivity index (χ4n) is 5.52. The minimum Gasteiger partial charge on any atom is -0.480 e. The van der Waals surface area contributed by atoms with Crippen LogP contribution in [0.15, 0.2) is 72.8 Å². The van der Waals surface area contributed by atoms with E-state index in [0.717, 1.165) is 28.3 Å². The molecule has 270 valence electrons. The summed E-state index contributed by atoms with van der Waals surface area (Å²) in [6, 6.07) is 18.8. The number of aliphatic hydroxyl groups excluding tert-OH is 2. The van der Waals surface area contributed by atoms with Crippen LogP contribution in [0.1, 0.15) is 52.8 Å². The number of nitrogens with one attached hydrogen (secondary N) is 2. The third-order valence-electron chi connectivity index (χ3n) is 9.13. The standard InChI is InChI=1S/C39H40F4N2O6/c1-23-27(13-14-28-17-25(11-15-33(28)39(41,42)43)19-44-37(3,21-46)35(48)49)7-5-8-29(23)30-9-6-10-31(24(30)2)32-18-26(12-16-34(32)40)20-45-38(4,22-47)36(50)51/h5-18,44-47H,19-22H2,1-4H3,(H,48,49)(H,50,51)/b14-13+. The lowest BCUT2D eigenvalue weighted by Crippen LogP contribution is -2.52. The number of hydrogen-bond acceptors (Lipinski definition) is 6. The van der Waals surface area contributed by atoms with Crippen LogP contribution in [0.3, 0.4) is 0 Å². The Balaban J connectivity index is 1.69. The Labute approximate surface area is 293 Å². The molecule has 0 bridgehead atoms. The van der Waals surface area contributed by atoms with Gasteiger partial charge >= 0.3 is 18.1 Å². The average molecular weight is 709 g/mol. The molecule has 51 heavy (non-hydrogen) atoms. The summed E-state index contributed by atoms with van der Waals surface area (Å²) in [7, 11) is 0. The van der Waals surface area contributed by atoms with Crippen molar-refractivity contribution in [3.05, 3.63) is 118 Å². The maximum Gasteiger partial charge on any atom is 0.416 e. The number of aliphatic carboxylic acids is 2. The smallest absolute Gasteiger partial charge is 0.416 e. The van der Waals surface area contributed by atoms with Crippen LogP contribution in [0.4, 0.5) is 17.6 Å². The molecule has 2 atom stereocenters. The van der Waals surface area contributed by atoms with Gasteiger partial charge in [-0.05, 0) is 102 Å². The minimum atomic E-state index is -4.65. The van der Waals surface area contributed by atoms with Gasteiger partial charge < -0.3 is 20.4 Å². The van der Waals surface area contributed by atoms with Crippen molar-refractivity contribution in [2.24, 2.45) is 0 Å². The Bertz CT molecular complexity index is 1960. The van der Waals surface area contributed by atoms with E-state index < -0.39 is 53.8 Å². The summed E-state index contributed by atoms with van der Waals surface area (Å²) in [5.74, 6) is -3.02. The van der Waals surface area contributed by atoms with E-state index in [2.05, 4.69) is 10.6 Å². The molecule has 0 spiro atoms. The van der Waals surface area contributed by atoms with Crippen LogP contribution in [0.2, 0.25) is 0 Å². The maximum absolute atomic E-state index is 15.3. The normalized spacial score (nSPS) is 14.3. The maximum atomic E-state index is 15.3. The van der Waals surface area contributed by atoms with Crippen LogP contribution in [0.25, 0.3) is 34.4 Å². The van der Waals surface area contributed by atoms with E-state index in [4.69, 9.17) is 0 Å². The number of aliphatic hydroxyl groups is 2. The molecule has 12 heteroatoms. The lowest BCUT2D eigenvalue weighted by atomic mass is 9.88.